The van der Waals surface area contributed by atoms with Crippen molar-refractivity contribution in [2.75, 3.05) is 6.61 Å². The Morgan fingerprint density at radius 2 is 2.20 bits per heavy atom. The zero-order chi connectivity index (χ0) is 11.3. The van der Waals surface area contributed by atoms with Crippen LogP contribution >= 0.6 is 11.6 Å². The molecule has 0 fully saturated rings. The molecule has 0 aliphatic heterocycles. The maximum absolute atomic E-state index is 11.1. The van der Waals surface area contributed by atoms with Crippen LogP contribution in [0.3, 0.4) is 0 Å². The van der Waals surface area contributed by atoms with Gasteiger partial charge in [0.15, 0.2) is 0 Å². The Kier molecular flexibility index (Phi) is 4.18. The van der Waals surface area contributed by atoms with Gasteiger partial charge in [0.25, 0.3) is 0 Å². The van der Waals surface area contributed by atoms with Gasteiger partial charge < -0.3 is 10.5 Å². The van der Waals surface area contributed by atoms with Crippen molar-refractivity contribution >= 4 is 23.3 Å². The van der Waals surface area contributed by atoms with E-state index in [4.69, 9.17) is 22.1 Å². The molecule has 3 nitrogen and oxygen atoms in total. The highest BCUT2D eigenvalue weighted by molar-refractivity contribution is 6.32. The van der Waals surface area contributed by atoms with Gasteiger partial charge >= 0.3 is 5.97 Å². The van der Waals surface area contributed by atoms with E-state index in [0.29, 0.717) is 22.9 Å². The van der Waals surface area contributed by atoms with Gasteiger partial charge in [-0.1, -0.05) is 29.8 Å². The molecule has 0 heterocycles. The van der Waals surface area contributed by atoms with Crippen molar-refractivity contribution in [3.8, 4) is 0 Å². The van der Waals surface area contributed by atoms with Crippen LogP contribution in [0.5, 0.6) is 0 Å². The van der Waals surface area contributed by atoms with Gasteiger partial charge in [-0.25, -0.2) is 4.79 Å². The Bertz CT molecular complexity index is 388. The summed E-state index contributed by atoms with van der Waals surface area (Å²) in [5.74, 6) is -0.463. The van der Waals surface area contributed by atoms with Crippen LogP contribution in [0, 0.1) is 0 Å². The van der Waals surface area contributed by atoms with Crippen LogP contribution in [0.15, 0.2) is 30.3 Å². The van der Waals surface area contributed by atoms with Crippen molar-refractivity contribution < 1.29 is 9.53 Å². The van der Waals surface area contributed by atoms with Crippen molar-refractivity contribution in [2.24, 2.45) is 5.73 Å². The number of rotatable bonds is 3. The monoisotopic (exact) mass is 225 g/mol. The topological polar surface area (TPSA) is 52.3 Å². The minimum atomic E-state index is -0.463. The summed E-state index contributed by atoms with van der Waals surface area (Å²) in [6, 6.07) is 7.05. The van der Waals surface area contributed by atoms with Crippen LogP contribution in [0.25, 0.3) is 5.70 Å². The van der Waals surface area contributed by atoms with Crippen molar-refractivity contribution in [3.63, 3.8) is 0 Å². The molecule has 0 spiro atoms. The molecule has 0 bridgehead atoms. The minimum Gasteiger partial charge on any atom is -0.463 e. The third-order valence-corrected chi connectivity index (χ3v) is 2.07. The molecule has 1 aromatic rings. The van der Waals surface area contributed by atoms with E-state index in [9.17, 15) is 4.79 Å². The fraction of sp³-hybridized carbons (Fsp3) is 0.182. The predicted octanol–water partition coefficient (Wildman–Crippen LogP) is 2.20. The van der Waals surface area contributed by atoms with Gasteiger partial charge in [-0.05, 0) is 13.0 Å². The predicted molar refractivity (Wildman–Crippen MR) is 60.2 cm³/mol. The Hall–Kier alpha value is -1.48. The lowest BCUT2D eigenvalue weighted by molar-refractivity contribution is -0.137. The summed E-state index contributed by atoms with van der Waals surface area (Å²) >= 11 is 5.91. The van der Waals surface area contributed by atoms with Crippen molar-refractivity contribution in [1.29, 1.82) is 0 Å². The lowest BCUT2D eigenvalue weighted by Gasteiger charge is -2.03. The maximum atomic E-state index is 11.1. The smallest absolute Gasteiger partial charge is 0.332 e. The van der Waals surface area contributed by atoms with Gasteiger partial charge in [0, 0.05) is 22.4 Å². The van der Waals surface area contributed by atoms with E-state index < -0.39 is 5.97 Å². The lowest BCUT2D eigenvalue weighted by atomic mass is 10.1. The van der Waals surface area contributed by atoms with E-state index in [-0.39, 0.29) is 0 Å². The van der Waals surface area contributed by atoms with E-state index in [2.05, 4.69) is 0 Å². The molecule has 0 aromatic heterocycles. The molecule has 0 saturated heterocycles. The first-order valence-electron chi connectivity index (χ1n) is 4.54. The fourth-order valence-electron chi connectivity index (χ4n) is 1.08. The summed E-state index contributed by atoms with van der Waals surface area (Å²) < 4.78 is 4.74. The van der Waals surface area contributed by atoms with E-state index in [1.165, 1.54) is 6.08 Å². The summed E-state index contributed by atoms with van der Waals surface area (Å²) in [5, 5.41) is 0.510. The molecule has 0 unspecified atom stereocenters. The number of benzene rings is 1. The highest BCUT2D eigenvalue weighted by Gasteiger charge is 2.04. The molecule has 15 heavy (non-hydrogen) atoms. The van der Waals surface area contributed by atoms with Crippen LogP contribution in [-0.4, -0.2) is 12.6 Å². The normalized spacial score (nSPS) is 11.2. The Labute approximate surface area is 93.5 Å². The standard InChI is InChI=1S/C11H12ClNO2/c1-2-15-11(14)7-10(13)8-5-3-4-6-9(8)12/h3-7H,2,13H2,1H3/b10-7-. The van der Waals surface area contributed by atoms with Crippen molar-refractivity contribution in [1.82, 2.24) is 0 Å². The van der Waals surface area contributed by atoms with Gasteiger partial charge in [0.2, 0.25) is 0 Å². The summed E-state index contributed by atoms with van der Waals surface area (Å²) in [4.78, 5) is 11.1. The maximum Gasteiger partial charge on any atom is 0.332 e. The van der Waals surface area contributed by atoms with Crippen LogP contribution in [0.4, 0.5) is 0 Å². The molecule has 0 radical (unpaired) electrons. The third-order valence-electron chi connectivity index (χ3n) is 1.74. The fourth-order valence-corrected chi connectivity index (χ4v) is 1.33. The zero-order valence-corrected chi connectivity index (χ0v) is 9.12. The molecule has 4 heteroatoms. The Balaban J connectivity index is 2.89. The van der Waals surface area contributed by atoms with Gasteiger partial charge in [0.05, 0.1) is 6.61 Å². The first-order chi connectivity index (χ1) is 7.15. The van der Waals surface area contributed by atoms with Crippen LogP contribution in [-0.2, 0) is 9.53 Å². The second-order valence-electron chi connectivity index (χ2n) is 2.83. The van der Waals surface area contributed by atoms with E-state index in [1.807, 2.05) is 0 Å². The summed E-state index contributed by atoms with van der Waals surface area (Å²) in [7, 11) is 0. The highest BCUT2D eigenvalue weighted by Crippen LogP contribution is 2.19. The average molecular weight is 226 g/mol. The summed E-state index contributed by atoms with van der Waals surface area (Å²) in [5.41, 5.74) is 6.64. The van der Waals surface area contributed by atoms with Gasteiger partial charge in [-0.15, -0.1) is 0 Å². The molecular weight excluding hydrogens is 214 g/mol. The molecule has 0 saturated carbocycles. The largest absolute Gasteiger partial charge is 0.463 e. The second-order valence-corrected chi connectivity index (χ2v) is 3.24. The molecule has 1 rings (SSSR count). The van der Waals surface area contributed by atoms with Crippen LogP contribution in [0.2, 0.25) is 5.02 Å². The van der Waals surface area contributed by atoms with Crippen molar-refractivity contribution in [3.05, 3.63) is 40.9 Å². The van der Waals surface area contributed by atoms with Crippen LogP contribution in [0.1, 0.15) is 12.5 Å². The van der Waals surface area contributed by atoms with E-state index >= 15 is 0 Å². The van der Waals surface area contributed by atoms with Gasteiger partial charge in [-0.2, -0.15) is 0 Å². The number of nitrogens with two attached hydrogens (primary N) is 1. The zero-order valence-electron chi connectivity index (χ0n) is 8.37. The first kappa shape index (κ1) is 11.6. The third kappa shape index (κ3) is 3.29. The lowest BCUT2D eigenvalue weighted by Crippen LogP contribution is -2.05. The Morgan fingerprint density at radius 1 is 1.53 bits per heavy atom. The van der Waals surface area contributed by atoms with E-state index in [1.54, 1.807) is 31.2 Å². The summed E-state index contributed by atoms with van der Waals surface area (Å²) in [6.45, 7) is 2.06. The van der Waals surface area contributed by atoms with Gasteiger partial charge in [0.1, 0.15) is 0 Å². The number of esters is 1. The number of ether oxygens (including phenoxy) is 1. The minimum absolute atomic E-state index is 0.305. The quantitative estimate of drug-likeness (QED) is 0.634. The highest BCUT2D eigenvalue weighted by atomic mass is 35.5. The second kappa shape index (κ2) is 5.41. The van der Waals surface area contributed by atoms with Crippen molar-refractivity contribution in [2.45, 2.75) is 6.92 Å². The molecule has 1 aromatic carbocycles. The SMILES string of the molecule is CCOC(=O)/C=C(\N)c1ccccc1Cl. The first-order valence-corrected chi connectivity index (χ1v) is 4.91. The molecular formula is C11H12ClNO2. The number of carbonyl (C=O) groups is 1. The van der Waals surface area contributed by atoms with E-state index in [0.717, 1.165) is 0 Å². The van der Waals surface area contributed by atoms with Crippen LogP contribution < -0.4 is 5.73 Å². The number of carbonyl (C=O) groups excluding carboxylic acids is 1. The number of halogens is 1. The number of hydrogen-bond acceptors (Lipinski definition) is 3. The molecule has 0 atom stereocenters. The molecule has 2 N–H and O–H groups in total. The Morgan fingerprint density at radius 3 is 2.80 bits per heavy atom. The molecule has 0 amide bonds. The summed E-state index contributed by atoms with van der Waals surface area (Å²) in [6.07, 6.45) is 1.23. The molecule has 0 aliphatic carbocycles. The average Bonchev–Trinajstić information content (AvgIpc) is 2.18. The van der Waals surface area contributed by atoms with Gasteiger partial charge in [-0.3, -0.25) is 0 Å². The molecule has 0 aliphatic rings. The number of hydrogen-bond donors (Lipinski definition) is 1. The molecule has 80 valence electrons.